The van der Waals surface area contributed by atoms with Crippen molar-refractivity contribution in [3.05, 3.63) is 69.9 Å². The first-order valence-electron chi connectivity index (χ1n) is 7.68. The zero-order valence-corrected chi connectivity index (χ0v) is 14.9. The van der Waals surface area contributed by atoms with E-state index in [0.717, 1.165) is 9.77 Å². The van der Waals surface area contributed by atoms with Crippen LogP contribution in [0.1, 0.15) is 25.6 Å². The molecule has 1 aromatic heterocycles. The molecule has 2 amide bonds. The Morgan fingerprint density at radius 3 is 2.85 bits per heavy atom. The zero-order chi connectivity index (χ0) is 18.1. The SMILES string of the molecule is O=C(NCc1cncs1)c1ccc2c(c1)NC(=O)c1cc(F)ccc1S2. The number of hydrogen-bond donors (Lipinski definition) is 2. The van der Waals surface area contributed by atoms with Gasteiger partial charge in [0.15, 0.2) is 0 Å². The molecule has 0 saturated carbocycles. The Morgan fingerprint density at radius 1 is 1.19 bits per heavy atom. The van der Waals surface area contributed by atoms with Crippen LogP contribution >= 0.6 is 23.1 Å². The molecule has 26 heavy (non-hydrogen) atoms. The molecule has 130 valence electrons. The number of carbonyl (C=O) groups is 2. The lowest BCUT2D eigenvalue weighted by Gasteiger charge is -2.09. The van der Waals surface area contributed by atoms with Crippen molar-refractivity contribution >= 4 is 40.6 Å². The van der Waals surface area contributed by atoms with Crippen molar-refractivity contribution in [2.45, 2.75) is 16.3 Å². The molecule has 0 radical (unpaired) electrons. The Bertz CT molecular complexity index is 1010. The van der Waals surface area contributed by atoms with E-state index in [0.29, 0.717) is 22.7 Å². The van der Waals surface area contributed by atoms with Gasteiger partial charge in [-0.3, -0.25) is 14.6 Å². The molecule has 2 heterocycles. The van der Waals surface area contributed by atoms with Gasteiger partial charge in [0.1, 0.15) is 5.82 Å². The number of nitrogens with one attached hydrogen (secondary N) is 2. The second-order valence-corrected chi connectivity index (χ2v) is 7.61. The predicted molar refractivity (Wildman–Crippen MR) is 98.2 cm³/mol. The van der Waals surface area contributed by atoms with Crippen LogP contribution < -0.4 is 10.6 Å². The van der Waals surface area contributed by atoms with Crippen LogP contribution in [0.2, 0.25) is 0 Å². The lowest BCUT2D eigenvalue weighted by Crippen LogP contribution is -2.22. The number of hydrogen-bond acceptors (Lipinski definition) is 5. The normalized spacial score (nSPS) is 12.6. The van der Waals surface area contributed by atoms with E-state index in [-0.39, 0.29) is 11.5 Å². The van der Waals surface area contributed by atoms with E-state index < -0.39 is 11.7 Å². The maximum absolute atomic E-state index is 13.5. The summed E-state index contributed by atoms with van der Waals surface area (Å²) in [4.78, 5) is 31.1. The van der Waals surface area contributed by atoms with E-state index >= 15 is 0 Å². The van der Waals surface area contributed by atoms with Crippen LogP contribution in [-0.4, -0.2) is 16.8 Å². The number of aromatic nitrogens is 1. The quantitative estimate of drug-likeness (QED) is 0.717. The number of benzene rings is 2. The molecule has 0 unspecified atom stereocenters. The molecule has 2 aromatic carbocycles. The molecule has 3 aromatic rings. The largest absolute Gasteiger partial charge is 0.347 e. The molecule has 2 N–H and O–H groups in total. The van der Waals surface area contributed by atoms with Gasteiger partial charge in [0.2, 0.25) is 0 Å². The fraction of sp³-hybridized carbons (Fsp3) is 0.0556. The zero-order valence-electron chi connectivity index (χ0n) is 13.3. The molecule has 8 heteroatoms. The number of amides is 2. The van der Waals surface area contributed by atoms with E-state index in [1.54, 1.807) is 36.0 Å². The van der Waals surface area contributed by atoms with Crippen LogP contribution in [0.15, 0.2) is 57.9 Å². The highest BCUT2D eigenvalue weighted by Gasteiger charge is 2.21. The summed E-state index contributed by atoms with van der Waals surface area (Å²) in [5.74, 6) is -1.10. The number of anilines is 1. The second kappa shape index (κ2) is 6.89. The molecule has 4 rings (SSSR count). The average molecular weight is 385 g/mol. The van der Waals surface area contributed by atoms with Gasteiger partial charge < -0.3 is 10.6 Å². The van der Waals surface area contributed by atoms with Gasteiger partial charge in [0, 0.05) is 26.4 Å². The minimum Gasteiger partial charge on any atom is -0.347 e. The van der Waals surface area contributed by atoms with Gasteiger partial charge in [-0.05, 0) is 36.4 Å². The monoisotopic (exact) mass is 385 g/mol. The Labute approximate surface area is 156 Å². The first kappa shape index (κ1) is 16.7. The van der Waals surface area contributed by atoms with E-state index in [1.807, 2.05) is 0 Å². The van der Waals surface area contributed by atoms with Crippen molar-refractivity contribution in [3.8, 4) is 0 Å². The van der Waals surface area contributed by atoms with Crippen LogP contribution in [0.25, 0.3) is 0 Å². The lowest BCUT2D eigenvalue weighted by molar-refractivity contribution is 0.0949. The molecule has 1 aliphatic rings. The summed E-state index contributed by atoms with van der Waals surface area (Å²) in [6, 6.07) is 9.23. The van der Waals surface area contributed by atoms with E-state index in [4.69, 9.17) is 0 Å². The predicted octanol–water partition coefficient (Wildman–Crippen LogP) is 3.93. The van der Waals surface area contributed by atoms with Crippen LogP contribution in [0.5, 0.6) is 0 Å². The highest BCUT2D eigenvalue weighted by Crippen LogP contribution is 2.39. The minimum atomic E-state index is -0.464. The first-order chi connectivity index (χ1) is 12.6. The van der Waals surface area contributed by atoms with Gasteiger partial charge in [-0.25, -0.2) is 4.39 Å². The molecule has 0 fully saturated rings. The fourth-order valence-corrected chi connectivity index (χ4v) is 4.06. The summed E-state index contributed by atoms with van der Waals surface area (Å²) < 4.78 is 13.5. The molecular formula is C18H12FN3O2S2. The summed E-state index contributed by atoms with van der Waals surface area (Å²) in [6.45, 7) is 0.395. The van der Waals surface area contributed by atoms with Crippen molar-refractivity contribution in [1.82, 2.24) is 10.3 Å². The Kier molecular flexibility index (Phi) is 4.44. The fourth-order valence-electron chi connectivity index (χ4n) is 2.53. The third-order valence-corrected chi connectivity index (χ3v) is 5.73. The summed E-state index contributed by atoms with van der Waals surface area (Å²) in [7, 11) is 0. The Morgan fingerprint density at radius 2 is 2.04 bits per heavy atom. The van der Waals surface area contributed by atoms with Crippen molar-refractivity contribution in [2.24, 2.45) is 0 Å². The van der Waals surface area contributed by atoms with Gasteiger partial charge in [-0.15, -0.1) is 11.3 Å². The number of rotatable bonds is 3. The summed E-state index contributed by atoms with van der Waals surface area (Å²) in [5.41, 5.74) is 2.95. The van der Waals surface area contributed by atoms with E-state index in [1.165, 1.54) is 35.2 Å². The smallest absolute Gasteiger partial charge is 0.256 e. The topological polar surface area (TPSA) is 71.1 Å². The molecule has 0 saturated heterocycles. The molecule has 0 spiro atoms. The van der Waals surface area contributed by atoms with Gasteiger partial charge in [0.25, 0.3) is 11.8 Å². The third kappa shape index (κ3) is 3.33. The molecule has 0 aliphatic carbocycles. The maximum atomic E-state index is 13.5. The highest BCUT2D eigenvalue weighted by molar-refractivity contribution is 7.99. The minimum absolute atomic E-state index is 0.242. The number of halogens is 1. The molecule has 1 aliphatic heterocycles. The number of fused-ring (bicyclic) bond motifs is 2. The Hall–Kier alpha value is -2.71. The number of carbonyl (C=O) groups excluding carboxylic acids is 2. The standard InChI is InChI=1S/C18H12FN3O2S2/c19-11-2-4-15-13(6-11)18(24)22-14-5-10(1-3-16(14)26-15)17(23)21-8-12-7-20-9-25-12/h1-7,9H,8H2,(H,21,23)(H,22,24). The molecule has 0 atom stereocenters. The summed E-state index contributed by atoms with van der Waals surface area (Å²) >= 11 is 2.82. The Balaban J connectivity index is 1.58. The molecular weight excluding hydrogens is 373 g/mol. The van der Waals surface area contributed by atoms with Gasteiger partial charge in [0.05, 0.1) is 23.3 Å². The van der Waals surface area contributed by atoms with Crippen LogP contribution in [0.4, 0.5) is 10.1 Å². The molecule has 0 bridgehead atoms. The van der Waals surface area contributed by atoms with Crippen LogP contribution in [0.3, 0.4) is 0 Å². The second-order valence-electron chi connectivity index (χ2n) is 5.56. The van der Waals surface area contributed by atoms with E-state index in [9.17, 15) is 14.0 Å². The van der Waals surface area contributed by atoms with Crippen LogP contribution in [-0.2, 0) is 6.54 Å². The van der Waals surface area contributed by atoms with Crippen molar-refractivity contribution in [2.75, 3.05) is 5.32 Å². The van der Waals surface area contributed by atoms with Crippen molar-refractivity contribution < 1.29 is 14.0 Å². The number of thiazole rings is 1. The van der Waals surface area contributed by atoms with E-state index in [2.05, 4.69) is 15.6 Å². The van der Waals surface area contributed by atoms with Crippen molar-refractivity contribution in [3.63, 3.8) is 0 Å². The lowest BCUT2D eigenvalue weighted by atomic mass is 10.1. The highest BCUT2D eigenvalue weighted by atomic mass is 32.2. The number of nitrogens with zero attached hydrogens (tertiary/aromatic N) is 1. The average Bonchev–Trinajstić information content (AvgIpc) is 3.11. The first-order valence-corrected chi connectivity index (χ1v) is 9.38. The summed E-state index contributed by atoms with van der Waals surface area (Å²) in [5, 5.41) is 5.58. The molecule has 5 nitrogen and oxygen atoms in total. The van der Waals surface area contributed by atoms with Gasteiger partial charge in [-0.2, -0.15) is 0 Å². The van der Waals surface area contributed by atoms with Gasteiger partial charge in [-0.1, -0.05) is 11.8 Å². The third-order valence-electron chi connectivity index (χ3n) is 3.80. The van der Waals surface area contributed by atoms with Gasteiger partial charge >= 0.3 is 0 Å². The summed E-state index contributed by atoms with van der Waals surface area (Å²) in [6.07, 6.45) is 1.70. The van der Waals surface area contributed by atoms with Crippen molar-refractivity contribution in [1.29, 1.82) is 0 Å². The maximum Gasteiger partial charge on any atom is 0.256 e. The van der Waals surface area contributed by atoms with Crippen LogP contribution in [0, 0.1) is 5.82 Å².